The third kappa shape index (κ3) is 10.8. The van der Waals surface area contributed by atoms with Crippen molar-refractivity contribution in [1.82, 2.24) is 5.32 Å². The maximum atomic E-state index is 5.25. The summed E-state index contributed by atoms with van der Waals surface area (Å²) in [7, 11) is 1.79. The van der Waals surface area contributed by atoms with E-state index < -0.39 is 0 Å². The first-order valence-electron chi connectivity index (χ1n) is 7.49. The highest BCUT2D eigenvalue weighted by molar-refractivity contribution is 4.70. The minimum atomic E-state index is 0.538. The fourth-order valence-corrected chi connectivity index (χ4v) is 2.30. The van der Waals surface area contributed by atoms with Crippen LogP contribution in [-0.4, -0.2) is 25.8 Å². The van der Waals surface area contributed by atoms with Gasteiger partial charge in [0.2, 0.25) is 0 Å². The normalized spacial score (nSPS) is 14.8. The van der Waals surface area contributed by atoms with Crippen molar-refractivity contribution in [3.63, 3.8) is 0 Å². The van der Waals surface area contributed by atoms with Gasteiger partial charge in [0.1, 0.15) is 0 Å². The summed E-state index contributed by atoms with van der Waals surface area (Å²) >= 11 is 0. The van der Waals surface area contributed by atoms with Crippen LogP contribution in [-0.2, 0) is 4.74 Å². The van der Waals surface area contributed by atoms with Crippen molar-refractivity contribution < 1.29 is 4.74 Å². The zero-order valence-electron chi connectivity index (χ0n) is 12.4. The molecule has 0 aromatic heterocycles. The van der Waals surface area contributed by atoms with Gasteiger partial charge in [0.05, 0.1) is 6.61 Å². The highest BCUT2D eigenvalue weighted by atomic mass is 16.5. The van der Waals surface area contributed by atoms with E-state index >= 15 is 0 Å². The van der Waals surface area contributed by atoms with Crippen LogP contribution < -0.4 is 5.32 Å². The predicted molar refractivity (Wildman–Crippen MR) is 76.5 cm³/mol. The highest BCUT2D eigenvalue weighted by Gasteiger charge is 2.10. The quantitative estimate of drug-likeness (QED) is 0.520. The van der Waals surface area contributed by atoms with Gasteiger partial charge in [-0.1, -0.05) is 52.4 Å². The maximum Gasteiger partial charge on any atom is 0.0615 e. The Balaban J connectivity index is 3.55. The number of rotatable bonds is 12. The summed E-state index contributed by atoms with van der Waals surface area (Å²) in [6, 6.07) is 1.17. The smallest absolute Gasteiger partial charge is 0.0615 e. The third-order valence-corrected chi connectivity index (χ3v) is 3.27. The number of nitrogens with one attached hydrogen (secondary N) is 1. The molecule has 0 aromatic rings. The molecule has 0 aromatic carbocycles. The lowest BCUT2D eigenvalue weighted by Gasteiger charge is -2.22. The van der Waals surface area contributed by atoms with E-state index in [2.05, 4.69) is 26.1 Å². The summed E-state index contributed by atoms with van der Waals surface area (Å²) in [5.41, 5.74) is 0. The van der Waals surface area contributed by atoms with E-state index in [4.69, 9.17) is 4.74 Å². The Morgan fingerprint density at radius 1 is 0.941 bits per heavy atom. The molecule has 0 spiro atoms. The molecule has 2 atom stereocenters. The van der Waals surface area contributed by atoms with Gasteiger partial charge in [-0.25, -0.2) is 0 Å². The van der Waals surface area contributed by atoms with Crippen molar-refractivity contribution in [1.29, 1.82) is 0 Å². The molecule has 0 aliphatic carbocycles. The second-order valence-electron chi connectivity index (χ2n) is 5.21. The van der Waals surface area contributed by atoms with E-state index in [0.29, 0.717) is 12.1 Å². The fraction of sp³-hybridized carbons (Fsp3) is 1.00. The largest absolute Gasteiger partial charge is 0.383 e. The lowest BCUT2D eigenvalue weighted by Crippen LogP contribution is -2.39. The Morgan fingerprint density at radius 3 is 2.24 bits per heavy atom. The van der Waals surface area contributed by atoms with Crippen LogP contribution in [0.15, 0.2) is 0 Å². The Hall–Kier alpha value is -0.0800. The van der Waals surface area contributed by atoms with Gasteiger partial charge < -0.3 is 10.1 Å². The average Bonchev–Trinajstić information content (AvgIpc) is 2.29. The summed E-state index contributed by atoms with van der Waals surface area (Å²) in [4.78, 5) is 0. The molecule has 2 nitrogen and oxygen atoms in total. The van der Waals surface area contributed by atoms with Crippen LogP contribution in [0.2, 0.25) is 0 Å². The highest BCUT2D eigenvalue weighted by Crippen LogP contribution is 2.08. The molecule has 2 heteroatoms. The van der Waals surface area contributed by atoms with Crippen LogP contribution >= 0.6 is 0 Å². The van der Waals surface area contributed by atoms with Gasteiger partial charge in [-0.3, -0.25) is 0 Å². The molecule has 104 valence electrons. The molecule has 0 rings (SSSR count). The van der Waals surface area contributed by atoms with Crippen molar-refractivity contribution in [2.24, 2.45) is 0 Å². The fourth-order valence-electron chi connectivity index (χ4n) is 2.30. The number of unbranched alkanes of at least 4 members (excludes halogenated alkanes) is 4. The summed E-state index contributed by atoms with van der Waals surface area (Å²) < 4.78 is 5.25. The molecule has 0 radical (unpaired) electrons. The van der Waals surface area contributed by atoms with E-state index in [-0.39, 0.29) is 0 Å². The first-order chi connectivity index (χ1) is 8.24. The minimum absolute atomic E-state index is 0.538. The predicted octanol–water partition coefficient (Wildman–Crippen LogP) is 4.14. The van der Waals surface area contributed by atoms with Crippen molar-refractivity contribution >= 4 is 0 Å². The molecule has 0 fully saturated rings. The maximum absolute atomic E-state index is 5.25. The summed E-state index contributed by atoms with van der Waals surface area (Å²) in [6.07, 6.45) is 10.6. The van der Waals surface area contributed by atoms with Crippen LogP contribution in [0.3, 0.4) is 0 Å². The van der Waals surface area contributed by atoms with Crippen LogP contribution in [0.4, 0.5) is 0 Å². The van der Waals surface area contributed by atoms with Crippen LogP contribution in [0, 0.1) is 0 Å². The molecule has 17 heavy (non-hydrogen) atoms. The van der Waals surface area contributed by atoms with E-state index in [9.17, 15) is 0 Å². The van der Waals surface area contributed by atoms with E-state index in [1.54, 1.807) is 7.11 Å². The molecule has 0 aliphatic rings. The first-order valence-corrected chi connectivity index (χ1v) is 7.49. The van der Waals surface area contributed by atoms with Gasteiger partial charge >= 0.3 is 0 Å². The Morgan fingerprint density at radius 2 is 1.65 bits per heavy atom. The SMILES string of the molecule is CCCCCCCC(C)NC(CCC)COC. The second-order valence-corrected chi connectivity index (χ2v) is 5.21. The Kier molecular flexibility index (Phi) is 12.3. The van der Waals surface area contributed by atoms with Crippen molar-refractivity contribution in [3.05, 3.63) is 0 Å². The Bertz CT molecular complexity index is 144. The van der Waals surface area contributed by atoms with Gasteiger partial charge in [-0.05, 0) is 19.8 Å². The third-order valence-electron chi connectivity index (χ3n) is 3.27. The second kappa shape index (κ2) is 12.4. The van der Waals surface area contributed by atoms with Gasteiger partial charge in [0.25, 0.3) is 0 Å². The average molecular weight is 243 g/mol. The van der Waals surface area contributed by atoms with Gasteiger partial charge in [-0.15, -0.1) is 0 Å². The number of hydrogen-bond acceptors (Lipinski definition) is 2. The molecular weight excluding hydrogens is 210 g/mol. The van der Waals surface area contributed by atoms with Crippen LogP contribution in [0.25, 0.3) is 0 Å². The molecule has 2 unspecified atom stereocenters. The molecule has 0 heterocycles. The van der Waals surface area contributed by atoms with Crippen molar-refractivity contribution in [2.75, 3.05) is 13.7 Å². The summed E-state index contributed by atoms with van der Waals surface area (Å²) in [5.74, 6) is 0. The van der Waals surface area contributed by atoms with Gasteiger partial charge in [0, 0.05) is 19.2 Å². The standard InChI is InChI=1S/C15H33NO/c1-5-7-8-9-10-12-14(3)16-15(11-6-2)13-17-4/h14-16H,5-13H2,1-4H3. The number of methoxy groups -OCH3 is 1. The lowest BCUT2D eigenvalue weighted by molar-refractivity contribution is 0.156. The molecule has 0 saturated heterocycles. The van der Waals surface area contributed by atoms with Gasteiger partial charge in [-0.2, -0.15) is 0 Å². The summed E-state index contributed by atoms with van der Waals surface area (Å²) in [6.45, 7) is 7.65. The zero-order valence-corrected chi connectivity index (χ0v) is 12.4. The molecular formula is C15H33NO. The lowest BCUT2D eigenvalue weighted by atomic mass is 10.1. The van der Waals surface area contributed by atoms with Crippen LogP contribution in [0.1, 0.15) is 72.1 Å². The number of hydrogen-bond donors (Lipinski definition) is 1. The molecule has 0 aliphatic heterocycles. The summed E-state index contributed by atoms with van der Waals surface area (Å²) in [5, 5.41) is 3.68. The van der Waals surface area contributed by atoms with Crippen molar-refractivity contribution in [3.8, 4) is 0 Å². The molecule has 1 N–H and O–H groups in total. The zero-order chi connectivity index (χ0) is 12.9. The number of ether oxygens (including phenoxy) is 1. The van der Waals surface area contributed by atoms with Crippen LogP contribution in [0.5, 0.6) is 0 Å². The van der Waals surface area contributed by atoms with Crippen molar-refractivity contribution in [2.45, 2.75) is 84.2 Å². The van der Waals surface area contributed by atoms with E-state index in [1.807, 2.05) is 0 Å². The Labute approximate surface area is 109 Å². The first kappa shape index (κ1) is 16.9. The monoisotopic (exact) mass is 243 g/mol. The molecule has 0 bridgehead atoms. The minimum Gasteiger partial charge on any atom is -0.383 e. The topological polar surface area (TPSA) is 21.3 Å². The van der Waals surface area contributed by atoms with Gasteiger partial charge in [0.15, 0.2) is 0 Å². The molecule has 0 saturated carbocycles. The van der Waals surface area contributed by atoms with E-state index in [0.717, 1.165) is 6.61 Å². The molecule has 0 amide bonds. The van der Waals surface area contributed by atoms with E-state index in [1.165, 1.54) is 51.4 Å².